The Balaban J connectivity index is 1.44. The predicted octanol–water partition coefficient (Wildman–Crippen LogP) is 3.49. The van der Waals surface area contributed by atoms with E-state index in [1.807, 2.05) is 54.6 Å². The number of hydrogen-bond acceptors (Lipinski definition) is 6. The summed E-state index contributed by atoms with van der Waals surface area (Å²) in [5.74, 6) is 2.30. The van der Waals surface area contributed by atoms with Gasteiger partial charge in [-0.15, -0.1) is 0 Å². The van der Waals surface area contributed by atoms with Gasteiger partial charge in [-0.3, -0.25) is 4.79 Å². The first-order chi connectivity index (χ1) is 13.7. The highest BCUT2D eigenvalue weighted by molar-refractivity contribution is 5.78. The monoisotopic (exact) mass is 379 g/mol. The highest BCUT2D eigenvalue weighted by Crippen LogP contribution is 2.32. The summed E-state index contributed by atoms with van der Waals surface area (Å²) in [6.45, 7) is 0.641. The first kappa shape index (κ1) is 18.0. The Morgan fingerprint density at radius 3 is 2.68 bits per heavy atom. The maximum Gasteiger partial charge on any atom is 0.261 e. The largest absolute Gasteiger partial charge is 0.497 e. The Hall–Kier alpha value is -3.35. The van der Waals surface area contributed by atoms with Gasteiger partial charge in [-0.1, -0.05) is 23.4 Å². The zero-order valence-electron chi connectivity index (χ0n) is 15.6. The summed E-state index contributed by atoms with van der Waals surface area (Å²) in [6, 6.07) is 16.5. The van der Waals surface area contributed by atoms with Crippen molar-refractivity contribution in [2.75, 3.05) is 20.3 Å². The van der Waals surface area contributed by atoms with Crippen LogP contribution in [0, 0.1) is 0 Å². The van der Waals surface area contributed by atoms with Gasteiger partial charge in [-0.25, -0.2) is 0 Å². The number of rotatable bonds is 6. The second-order valence-corrected chi connectivity index (χ2v) is 6.53. The van der Waals surface area contributed by atoms with Crippen LogP contribution in [0.2, 0.25) is 0 Å². The van der Waals surface area contributed by atoms with E-state index in [-0.39, 0.29) is 18.6 Å². The van der Waals surface area contributed by atoms with Gasteiger partial charge in [0.1, 0.15) is 17.5 Å². The molecule has 1 amide bonds. The Bertz CT molecular complexity index is 924. The fourth-order valence-electron chi connectivity index (χ4n) is 3.29. The van der Waals surface area contributed by atoms with Crippen LogP contribution in [0.1, 0.15) is 24.8 Å². The number of aromatic nitrogens is 2. The van der Waals surface area contributed by atoms with Gasteiger partial charge in [0.05, 0.1) is 7.11 Å². The number of carbonyl (C=O) groups is 1. The Morgan fingerprint density at radius 1 is 1.14 bits per heavy atom. The molecule has 1 saturated heterocycles. The molecule has 3 aromatic rings. The molecule has 7 heteroatoms. The molecule has 1 aromatic heterocycles. The van der Waals surface area contributed by atoms with E-state index < -0.39 is 0 Å². The second-order valence-electron chi connectivity index (χ2n) is 6.53. The van der Waals surface area contributed by atoms with Crippen molar-refractivity contribution < 1.29 is 18.8 Å². The molecule has 28 heavy (non-hydrogen) atoms. The minimum absolute atomic E-state index is 0.0139. The van der Waals surface area contributed by atoms with Crippen molar-refractivity contribution in [1.82, 2.24) is 15.0 Å². The number of amides is 1. The van der Waals surface area contributed by atoms with Crippen molar-refractivity contribution in [2.24, 2.45) is 0 Å². The van der Waals surface area contributed by atoms with Crippen LogP contribution in [0.15, 0.2) is 59.1 Å². The minimum atomic E-state index is -0.216. The van der Waals surface area contributed by atoms with Crippen molar-refractivity contribution in [1.29, 1.82) is 0 Å². The second kappa shape index (κ2) is 8.12. The van der Waals surface area contributed by atoms with Crippen LogP contribution in [0.5, 0.6) is 11.5 Å². The number of benzene rings is 2. The normalized spacial score (nSPS) is 16.2. The van der Waals surface area contributed by atoms with Gasteiger partial charge >= 0.3 is 0 Å². The number of carbonyl (C=O) groups excluding carboxylic acids is 1. The zero-order chi connectivity index (χ0) is 19.3. The number of likely N-dealkylation sites (tertiary alicyclic amines) is 1. The molecule has 1 aliphatic heterocycles. The molecule has 0 spiro atoms. The van der Waals surface area contributed by atoms with Crippen molar-refractivity contribution in [3.8, 4) is 22.9 Å². The molecular weight excluding hydrogens is 358 g/mol. The van der Waals surface area contributed by atoms with E-state index in [0.29, 0.717) is 24.0 Å². The van der Waals surface area contributed by atoms with Gasteiger partial charge in [-0.2, -0.15) is 4.98 Å². The predicted molar refractivity (Wildman–Crippen MR) is 102 cm³/mol. The average molecular weight is 379 g/mol. The summed E-state index contributed by atoms with van der Waals surface area (Å²) in [5.41, 5.74) is 0.832. The Kier molecular flexibility index (Phi) is 5.23. The fourth-order valence-corrected chi connectivity index (χ4v) is 3.29. The summed E-state index contributed by atoms with van der Waals surface area (Å²) >= 11 is 0. The van der Waals surface area contributed by atoms with Gasteiger partial charge in [0.2, 0.25) is 11.7 Å². The molecule has 1 fully saturated rings. The standard InChI is InChI=1S/C21H21N3O4/c1-26-16-11-9-15(10-12-16)20-22-21(28-23-20)18-8-5-13-24(18)19(25)14-27-17-6-3-2-4-7-17/h2-4,6-7,9-12,18H,5,8,13-14H2,1H3. The van der Waals surface area contributed by atoms with Gasteiger partial charge in [0.15, 0.2) is 6.61 Å². The third-order valence-corrected chi connectivity index (χ3v) is 4.75. The third-order valence-electron chi connectivity index (χ3n) is 4.75. The molecule has 144 valence electrons. The van der Waals surface area contributed by atoms with Crippen LogP contribution in [0.25, 0.3) is 11.4 Å². The van der Waals surface area contributed by atoms with Crippen molar-refractivity contribution >= 4 is 5.91 Å². The zero-order valence-corrected chi connectivity index (χ0v) is 15.6. The number of hydrogen-bond donors (Lipinski definition) is 0. The summed E-state index contributed by atoms with van der Waals surface area (Å²) in [5, 5.41) is 4.08. The molecule has 0 saturated carbocycles. The summed E-state index contributed by atoms with van der Waals surface area (Å²) in [4.78, 5) is 18.9. The molecule has 0 aliphatic carbocycles. The van der Waals surface area contributed by atoms with E-state index >= 15 is 0 Å². The third kappa shape index (κ3) is 3.83. The van der Waals surface area contributed by atoms with Crippen LogP contribution in [0.3, 0.4) is 0 Å². The van der Waals surface area contributed by atoms with Crippen LogP contribution in [-0.4, -0.2) is 41.2 Å². The first-order valence-electron chi connectivity index (χ1n) is 9.20. The van der Waals surface area contributed by atoms with E-state index in [1.165, 1.54) is 0 Å². The Morgan fingerprint density at radius 2 is 1.93 bits per heavy atom. The van der Waals surface area contributed by atoms with Crippen molar-refractivity contribution in [2.45, 2.75) is 18.9 Å². The minimum Gasteiger partial charge on any atom is -0.497 e. The van der Waals surface area contributed by atoms with Crippen LogP contribution in [0.4, 0.5) is 0 Å². The molecule has 2 aromatic carbocycles. The summed E-state index contributed by atoms with van der Waals surface area (Å²) in [6.07, 6.45) is 1.68. The lowest BCUT2D eigenvalue weighted by atomic mass is 10.2. The van der Waals surface area contributed by atoms with Crippen molar-refractivity contribution in [3.63, 3.8) is 0 Å². The SMILES string of the molecule is COc1ccc(-c2noc(C3CCCN3C(=O)COc3ccccc3)n2)cc1. The number of nitrogens with zero attached hydrogens (tertiary/aromatic N) is 3. The first-order valence-corrected chi connectivity index (χ1v) is 9.20. The number of ether oxygens (including phenoxy) is 2. The van der Waals surface area contributed by atoms with Crippen LogP contribution in [-0.2, 0) is 4.79 Å². The maximum absolute atomic E-state index is 12.6. The highest BCUT2D eigenvalue weighted by Gasteiger charge is 2.34. The molecule has 1 aliphatic rings. The molecule has 0 N–H and O–H groups in total. The molecule has 0 radical (unpaired) electrons. The van der Waals surface area contributed by atoms with E-state index in [2.05, 4.69) is 10.1 Å². The summed E-state index contributed by atoms with van der Waals surface area (Å²) in [7, 11) is 1.62. The van der Waals surface area contributed by atoms with E-state index in [9.17, 15) is 4.79 Å². The van der Waals surface area contributed by atoms with Gasteiger partial charge < -0.3 is 18.9 Å². The average Bonchev–Trinajstić information content (AvgIpc) is 3.42. The lowest BCUT2D eigenvalue weighted by Crippen LogP contribution is -2.34. The lowest BCUT2D eigenvalue weighted by Gasteiger charge is -2.21. The van der Waals surface area contributed by atoms with Gasteiger partial charge in [0, 0.05) is 12.1 Å². The molecule has 0 bridgehead atoms. The quantitative estimate of drug-likeness (QED) is 0.652. The smallest absolute Gasteiger partial charge is 0.261 e. The molecule has 7 nitrogen and oxygen atoms in total. The van der Waals surface area contributed by atoms with Crippen molar-refractivity contribution in [3.05, 3.63) is 60.5 Å². The number of para-hydroxylation sites is 1. The van der Waals surface area contributed by atoms with E-state index in [4.69, 9.17) is 14.0 Å². The van der Waals surface area contributed by atoms with Crippen LogP contribution >= 0.6 is 0 Å². The van der Waals surface area contributed by atoms with Gasteiger partial charge in [-0.05, 0) is 49.2 Å². The molecule has 1 unspecified atom stereocenters. The topological polar surface area (TPSA) is 77.7 Å². The molecule has 2 heterocycles. The van der Waals surface area contributed by atoms with E-state index in [0.717, 1.165) is 24.2 Å². The molecule has 1 atom stereocenters. The molecular formula is C21H21N3O4. The number of methoxy groups -OCH3 is 1. The highest BCUT2D eigenvalue weighted by atomic mass is 16.5. The molecule has 4 rings (SSSR count). The Labute approximate surface area is 162 Å². The fraction of sp³-hybridized carbons (Fsp3) is 0.286. The maximum atomic E-state index is 12.6. The van der Waals surface area contributed by atoms with Gasteiger partial charge in [0.25, 0.3) is 5.91 Å². The van der Waals surface area contributed by atoms with Crippen LogP contribution < -0.4 is 9.47 Å². The summed E-state index contributed by atoms with van der Waals surface area (Å²) < 4.78 is 16.2. The lowest BCUT2D eigenvalue weighted by molar-refractivity contribution is -0.134. The van der Waals surface area contributed by atoms with E-state index in [1.54, 1.807) is 12.0 Å².